The van der Waals surface area contributed by atoms with Crippen LogP contribution in [-0.4, -0.2) is 25.3 Å². The van der Waals surface area contributed by atoms with Gasteiger partial charge in [0, 0.05) is 5.69 Å². The van der Waals surface area contributed by atoms with E-state index in [0.717, 1.165) is 0 Å². The smallest absolute Gasteiger partial charge is 0.242 e. The van der Waals surface area contributed by atoms with Gasteiger partial charge >= 0.3 is 0 Å². The van der Waals surface area contributed by atoms with Crippen LogP contribution in [0.1, 0.15) is 12.5 Å². The molecule has 1 aromatic rings. The van der Waals surface area contributed by atoms with Crippen molar-refractivity contribution < 1.29 is 13.2 Å². The quantitative estimate of drug-likeness (QED) is 0.826. The molecule has 0 aliphatic rings. The van der Waals surface area contributed by atoms with E-state index >= 15 is 0 Å². The molecule has 1 N–H and O–H groups in total. The Morgan fingerprint density at radius 1 is 1.58 bits per heavy atom. The zero-order valence-corrected chi connectivity index (χ0v) is 11.3. The molecule has 1 rings (SSSR count). The third kappa shape index (κ3) is 3.93. The van der Waals surface area contributed by atoms with Crippen LogP contribution in [0.25, 0.3) is 0 Å². The van der Waals surface area contributed by atoms with Gasteiger partial charge in [0.05, 0.1) is 17.4 Å². The van der Waals surface area contributed by atoms with Gasteiger partial charge in [0.25, 0.3) is 0 Å². The summed E-state index contributed by atoms with van der Waals surface area (Å²) in [4.78, 5) is 11.8. The summed E-state index contributed by atoms with van der Waals surface area (Å²) in [6.45, 7) is 4.67. The lowest BCUT2D eigenvalue weighted by atomic mass is 10.2. The molecule has 1 atom stereocenters. The van der Waals surface area contributed by atoms with Gasteiger partial charge in [0.1, 0.15) is 5.25 Å². The van der Waals surface area contributed by atoms with E-state index in [-0.39, 0.29) is 5.75 Å². The Hall–Kier alpha value is -2.13. The maximum Gasteiger partial charge on any atom is 0.242 e. The number of benzene rings is 1. The molecule has 0 bridgehead atoms. The number of nitrogens with one attached hydrogen (secondary N) is 1. The second-order valence-electron chi connectivity index (χ2n) is 3.94. The van der Waals surface area contributed by atoms with Crippen molar-refractivity contribution in [3.63, 3.8) is 0 Å². The van der Waals surface area contributed by atoms with E-state index in [4.69, 9.17) is 5.26 Å². The first-order valence-electron chi connectivity index (χ1n) is 5.54. The fraction of sp³-hybridized carbons (Fsp3) is 0.231. The number of carbonyl (C=O) groups excluding carboxylic acids is 1. The minimum absolute atomic E-state index is 0.250. The summed E-state index contributed by atoms with van der Waals surface area (Å²) < 4.78 is 23.4. The minimum atomic E-state index is -3.54. The lowest BCUT2D eigenvalue weighted by molar-refractivity contribution is -0.115. The van der Waals surface area contributed by atoms with Gasteiger partial charge in [0.2, 0.25) is 5.91 Å². The average molecular weight is 278 g/mol. The first-order chi connectivity index (χ1) is 8.90. The van der Waals surface area contributed by atoms with Gasteiger partial charge in [-0.25, -0.2) is 8.42 Å². The van der Waals surface area contributed by atoms with Crippen LogP contribution >= 0.6 is 0 Å². The highest BCUT2D eigenvalue weighted by Crippen LogP contribution is 2.12. The van der Waals surface area contributed by atoms with Crippen molar-refractivity contribution in [2.75, 3.05) is 11.1 Å². The zero-order valence-electron chi connectivity index (χ0n) is 10.5. The molecule has 0 aliphatic carbocycles. The molecule has 5 nitrogen and oxygen atoms in total. The predicted molar refractivity (Wildman–Crippen MR) is 73.2 cm³/mol. The Kier molecular flexibility index (Phi) is 4.84. The van der Waals surface area contributed by atoms with Gasteiger partial charge in [0.15, 0.2) is 9.84 Å². The highest BCUT2D eigenvalue weighted by atomic mass is 32.2. The standard InChI is InChI=1S/C13H14N2O3S/c1-3-7-19(17,18)10(2)13(16)15-12-6-4-5-11(8-12)9-14/h3-6,8,10H,1,7H2,2H3,(H,15,16). The van der Waals surface area contributed by atoms with Gasteiger partial charge < -0.3 is 5.32 Å². The third-order valence-corrected chi connectivity index (χ3v) is 4.51. The minimum Gasteiger partial charge on any atom is -0.325 e. The number of nitrogens with zero attached hydrogens (tertiary/aromatic N) is 1. The first-order valence-corrected chi connectivity index (χ1v) is 7.25. The van der Waals surface area contributed by atoms with E-state index < -0.39 is 21.0 Å². The van der Waals surface area contributed by atoms with E-state index in [1.165, 1.54) is 19.1 Å². The van der Waals surface area contributed by atoms with Gasteiger partial charge in [-0.2, -0.15) is 5.26 Å². The molecule has 0 saturated heterocycles. The summed E-state index contributed by atoms with van der Waals surface area (Å²) in [5.74, 6) is -0.878. The van der Waals surface area contributed by atoms with Crippen molar-refractivity contribution >= 4 is 21.4 Å². The van der Waals surface area contributed by atoms with Crippen molar-refractivity contribution in [2.45, 2.75) is 12.2 Å². The van der Waals surface area contributed by atoms with Gasteiger partial charge in [-0.05, 0) is 25.1 Å². The lowest BCUT2D eigenvalue weighted by Gasteiger charge is -2.12. The first kappa shape index (κ1) is 14.9. The van der Waals surface area contributed by atoms with Crippen molar-refractivity contribution in [3.8, 4) is 6.07 Å². The summed E-state index contributed by atoms with van der Waals surface area (Å²) in [6, 6.07) is 8.20. The normalized spacial score (nSPS) is 12.2. The van der Waals surface area contributed by atoms with E-state index in [9.17, 15) is 13.2 Å². The number of carbonyl (C=O) groups is 1. The van der Waals surface area contributed by atoms with Crippen molar-refractivity contribution in [3.05, 3.63) is 42.5 Å². The predicted octanol–water partition coefficient (Wildman–Crippen LogP) is 1.49. The Balaban J connectivity index is 2.85. The van der Waals surface area contributed by atoms with Crippen LogP contribution in [-0.2, 0) is 14.6 Å². The van der Waals surface area contributed by atoms with E-state index in [0.29, 0.717) is 11.3 Å². The van der Waals surface area contributed by atoms with Crippen LogP contribution in [0.5, 0.6) is 0 Å². The molecule has 1 unspecified atom stereocenters. The second-order valence-corrected chi connectivity index (χ2v) is 6.31. The molecular weight excluding hydrogens is 264 g/mol. The number of hydrogen-bond donors (Lipinski definition) is 1. The summed E-state index contributed by atoms with van der Waals surface area (Å²) in [5.41, 5.74) is 0.782. The van der Waals surface area contributed by atoms with Gasteiger partial charge in [-0.1, -0.05) is 12.1 Å². The maximum atomic E-state index is 11.8. The maximum absolute atomic E-state index is 11.8. The van der Waals surface area contributed by atoms with E-state index in [1.807, 2.05) is 6.07 Å². The SMILES string of the molecule is C=CCS(=O)(=O)C(C)C(=O)Nc1cccc(C#N)c1. The number of anilines is 1. The summed E-state index contributed by atoms with van der Waals surface area (Å²) in [6.07, 6.45) is 1.25. The largest absolute Gasteiger partial charge is 0.325 e. The van der Waals surface area contributed by atoms with E-state index in [1.54, 1.807) is 18.2 Å². The molecule has 0 aromatic heterocycles. The Bertz CT molecular complexity index is 630. The highest BCUT2D eigenvalue weighted by molar-refractivity contribution is 7.92. The zero-order chi connectivity index (χ0) is 14.5. The summed E-state index contributed by atoms with van der Waals surface area (Å²) >= 11 is 0. The average Bonchev–Trinajstić information content (AvgIpc) is 2.38. The lowest BCUT2D eigenvalue weighted by Crippen LogP contribution is -2.33. The van der Waals surface area contributed by atoms with Crippen LogP contribution in [0.3, 0.4) is 0 Å². The molecule has 0 heterocycles. The number of hydrogen-bond acceptors (Lipinski definition) is 4. The third-order valence-electron chi connectivity index (χ3n) is 2.52. The molecule has 1 aromatic carbocycles. The van der Waals surface area contributed by atoms with Gasteiger partial charge in [-0.15, -0.1) is 6.58 Å². The summed E-state index contributed by atoms with van der Waals surface area (Å²) in [5, 5.41) is 10.0. The Labute approximate surface area is 112 Å². The molecular formula is C13H14N2O3S. The molecule has 0 fully saturated rings. The van der Waals surface area contributed by atoms with Crippen LogP contribution in [0.2, 0.25) is 0 Å². The Morgan fingerprint density at radius 3 is 2.84 bits per heavy atom. The van der Waals surface area contributed by atoms with Crippen LogP contribution < -0.4 is 5.32 Å². The van der Waals surface area contributed by atoms with Crippen LogP contribution in [0.4, 0.5) is 5.69 Å². The van der Waals surface area contributed by atoms with Crippen LogP contribution in [0, 0.1) is 11.3 Å². The Morgan fingerprint density at radius 2 is 2.26 bits per heavy atom. The topological polar surface area (TPSA) is 87.0 Å². The fourth-order valence-electron chi connectivity index (χ4n) is 1.38. The van der Waals surface area contributed by atoms with Crippen LogP contribution in [0.15, 0.2) is 36.9 Å². The molecule has 0 radical (unpaired) electrons. The fourth-order valence-corrected chi connectivity index (χ4v) is 2.38. The number of sulfone groups is 1. The van der Waals surface area contributed by atoms with E-state index in [2.05, 4.69) is 11.9 Å². The molecule has 100 valence electrons. The van der Waals surface area contributed by atoms with Crippen molar-refractivity contribution in [1.29, 1.82) is 5.26 Å². The second kappa shape index (κ2) is 6.16. The monoisotopic (exact) mass is 278 g/mol. The van der Waals surface area contributed by atoms with Crippen molar-refractivity contribution in [2.24, 2.45) is 0 Å². The molecule has 1 amide bonds. The molecule has 0 spiro atoms. The molecule has 0 aliphatic heterocycles. The van der Waals surface area contributed by atoms with Crippen molar-refractivity contribution in [1.82, 2.24) is 0 Å². The number of rotatable bonds is 5. The molecule has 0 saturated carbocycles. The molecule has 19 heavy (non-hydrogen) atoms. The highest BCUT2D eigenvalue weighted by Gasteiger charge is 2.26. The summed E-state index contributed by atoms with van der Waals surface area (Å²) in [7, 11) is -3.54. The number of nitriles is 1. The molecule has 6 heteroatoms. The van der Waals surface area contributed by atoms with Gasteiger partial charge in [-0.3, -0.25) is 4.79 Å². The number of amides is 1.